The summed E-state index contributed by atoms with van der Waals surface area (Å²) in [6, 6.07) is 3.88. The minimum Gasteiger partial charge on any atom is -0.493 e. The molecule has 0 bridgehead atoms. The second-order valence-electron chi connectivity index (χ2n) is 7.64. The van der Waals surface area contributed by atoms with Gasteiger partial charge in [-0.05, 0) is 38.3 Å². The molecule has 3 rings (SSSR count). The Kier molecular flexibility index (Phi) is 6.70. The molecule has 0 N–H and O–H groups in total. The fourth-order valence-corrected chi connectivity index (χ4v) is 4.18. The summed E-state index contributed by atoms with van der Waals surface area (Å²) >= 11 is 0. The van der Waals surface area contributed by atoms with Gasteiger partial charge in [0.15, 0.2) is 0 Å². The maximum atomic E-state index is 12.4. The van der Waals surface area contributed by atoms with Gasteiger partial charge < -0.3 is 9.47 Å². The van der Waals surface area contributed by atoms with Crippen molar-refractivity contribution in [2.75, 3.05) is 30.6 Å². The van der Waals surface area contributed by atoms with Crippen molar-refractivity contribution in [1.29, 1.82) is 0 Å². The highest BCUT2D eigenvalue weighted by molar-refractivity contribution is 7.90. The molecule has 1 atom stereocenters. The van der Waals surface area contributed by atoms with E-state index >= 15 is 0 Å². The Morgan fingerprint density at radius 3 is 2.77 bits per heavy atom. The summed E-state index contributed by atoms with van der Waals surface area (Å²) in [4.78, 5) is 14.1. The van der Waals surface area contributed by atoms with E-state index in [-0.39, 0.29) is 17.9 Å². The van der Waals surface area contributed by atoms with Crippen molar-refractivity contribution in [2.24, 2.45) is 0 Å². The third-order valence-corrected chi connectivity index (χ3v) is 6.13. The summed E-state index contributed by atoms with van der Waals surface area (Å²) in [7, 11) is -1.68. The molecule has 2 heterocycles. The van der Waals surface area contributed by atoms with E-state index in [9.17, 15) is 13.2 Å². The first-order chi connectivity index (χ1) is 14.2. The van der Waals surface area contributed by atoms with Gasteiger partial charge in [-0.1, -0.05) is 6.92 Å². The quantitative estimate of drug-likeness (QED) is 0.663. The lowest BCUT2D eigenvalue weighted by atomic mass is 9.92. The molecule has 0 radical (unpaired) electrons. The molecule has 2 aromatic rings. The van der Waals surface area contributed by atoms with Crippen LogP contribution in [0.5, 0.6) is 5.75 Å². The highest BCUT2D eigenvalue weighted by Gasteiger charge is 2.32. The van der Waals surface area contributed by atoms with Crippen LogP contribution in [-0.4, -0.2) is 56.1 Å². The summed E-state index contributed by atoms with van der Waals surface area (Å²) in [5.41, 5.74) is 3.51. The Bertz CT molecular complexity index is 1020. The van der Waals surface area contributed by atoms with Crippen LogP contribution in [0.15, 0.2) is 24.5 Å². The van der Waals surface area contributed by atoms with Crippen LogP contribution in [0.4, 0.5) is 10.5 Å². The normalized spacial score (nSPS) is 16.3. The van der Waals surface area contributed by atoms with Crippen LogP contribution in [0.1, 0.15) is 32.3 Å². The molecule has 1 amide bonds. The van der Waals surface area contributed by atoms with E-state index in [4.69, 9.17) is 9.47 Å². The van der Waals surface area contributed by atoms with Crippen LogP contribution < -0.4 is 9.64 Å². The Balaban J connectivity index is 2.02. The molecular weight excluding hydrogens is 406 g/mol. The van der Waals surface area contributed by atoms with Gasteiger partial charge in [0.2, 0.25) is 0 Å². The summed E-state index contributed by atoms with van der Waals surface area (Å²) in [6.07, 6.45) is 6.83. The SMILES string of the molecule is CCCOc1c(-c2cnn(CCS(C)(=O)=O)c2)ccc2c1CCC(C)N2C(=O)OC. The van der Waals surface area contributed by atoms with Gasteiger partial charge in [0, 0.05) is 35.2 Å². The number of aromatic nitrogens is 2. The predicted octanol–water partition coefficient (Wildman–Crippen LogP) is 3.29. The number of hydrogen-bond donors (Lipinski definition) is 0. The highest BCUT2D eigenvalue weighted by Crippen LogP contribution is 2.43. The van der Waals surface area contributed by atoms with Crippen LogP contribution >= 0.6 is 0 Å². The monoisotopic (exact) mass is 435 g/mol. The molecule has 1 aromatic carbocycles. The Morgan fingerprint density at radius 1 is 1.33 bits per heavy atom. The van der Waals surface area contributed by atoms with Gasteiger partial charge in [-0.15, -0.1) is 0 Å². The molecule has 0 saturated heterocycles. The van der Waals surface area contributed by atoms with Crippen LogP contribution in [0.2, 0.25) is 0 Å². The van der Waals surface area contributed by atoms with Crippen LogP contribution in [-0.2, 0) is 27.5 Å². The number of hydrogen-bond acceptors (Lipinski definition) is 6. The van der Waals surface area contributed by atoms with E-state index in [1.807, 2.05) is 32.2 Å². The van der Waals surface area contributed by atoms with Crippen molar-refractivity contribution in [3.8, 4) is 16.9 Å². The van der Waals surface area contributed by atoms with E-state index in [0.29, 0.717) is 13.2 Å². The molecule has 8 nitrogen and oxygen atoms in total. The fraction of sp³-hybridized carbons (Fsp3) is 0.524. The minimum absolute atomic E-state index is 0.0312. The van der Waals surface area contributed by atoms with Gasteiger partial charge in [-0.3, -0.25) is 9.58 Å². The molecule has 0 fully saturated rings. The van der Waals surface area contributed by atoms with Crippen molar-refractivity contribution in [3.05, 3.63) is 30.1 Å². The van der Waals surface area contributed by atoms with E-state index in [1.165, 1.54) is 13.4 Å². The first-order valence-electron chi connectivity index (χ1n) is 10.1. The summed E-state index contributed by atoms with van der Waals surface area (Å²) < 4.78 is 35.7. The average molecular weight is 436 g/mol. The van der Waals surface area contributed by atoms with Crippen LogP contribution in [0.3, 0.4) is 0 Å². The zero-order valence-electron chi connectivity index (χ0n) is 17.9. The first-order valence-corrected chi connectivity index (χ1v) is 12.2. The van der Waals surface area contributed by atoms with Crippen molar-refractivity contribution < 1.29 is 22.7 Å². The van der Waals surface area contributed by atoms with E-state index in [1.54, 1.807) is 15.8 Å². The Hall–Kier alpha value is -2.55. The molecule has 0 saturated carbocycles. The number of amides is 1. The standard InChI is InChI=1S/C21H29N3O5S/c1-5-11-29-20-17(16-13-22-23(14-16)10-12-30(4,26)27)8-9-19-18(20)7-6-15(2)24(19)21(25)28-3/h8-9,13-15H,5-7,10-12H2,1-4H3. The summed E-state index contributed by atoms with van der Waals surface area (Å²) in [5, 5.41) is 4.31. The number of aryl methyl sites for hydroxylation is 1. The smallest absolute Gasteiger partial charge is 0.414 e. The zero-order chi connectivity index (χ0) is 21.9. The highest BCUT2D eigenvalue weighted by atomic mass is 32.2. The molecule has 164 valence electrons. The first kappa shape index (κ1) is 22.1. The third kappa shape index (κ3) is 4.77. The number of ether oxygens (including phenoxy) is 2. The van der Waals surface area contributed by atoms with Gasteiger partial charge in [0.05, 0.1) is 37.9 Å². The Morgan fingerprint density at radius 2 is 2.10 bits per heavy atom. The predicted molar refractivity (Wildman–Crippen MR) is 116 cm³/mol. The van der Waals surface area contributed by atoms with Crippen LogP contribution in [0.25, 0.3) is 11.1 Å². The van der Waals surface area contributed by atoms with Crippen molar-refractivity contribution in [1.82, 2.24) is 9.78 Å². The third-order valence-electron chi connectivity index (χ3n) is 5.21. The van der Waals surface area contributed by atoms with Gasteiger partial charge >= 0.3 is 6.09 Å². The van der Waals surface area contributed by atoms with Gasteiger partial charge in [0.1, 0.15) is 15.6 Å². The molecule has 1 aliphatic rings. The lowest BCUT2D eigenvalue weighted by Gasteiger charge is -2.35. The molecule has 1 aliphatic heterocycles. The Labute approximate surface area is 177 Å². The van der Waals surface area contributed by atoms with E-state index in [2.05, 4.69) is 5.10 Å². The molecule has 0 aliphatic carbocycles. The van der Waals surface area contributed by atoms with Crippen LogP contribution in [0, 0.1) is 0 Å². The molecule has 30 heavy (non-hydrogen) atoms. The second kappa shape index (κ2) is 9.07. The summed E-state index contributed by atoms with van der Waals surface area (Å²) in [5.74, 6) is 0.779. The molecule has 1 aromatic heterocycles. The number of anilines is 1. The molecular formula is C21H29N3O5S. The van der Waals surface area contributed by atoms with E-state index < -0.39 is 9.84 Å². The minimum atomic E-state index is -3.07. The van der Waals surface area contributed by atoms with Gasteiger partial charge in [-0.25, -0.2) is 13.2 Å². The number of benzene rings is 1. The molecule has 9 heteroatoms. The van der Waals surface area contributed by atoms with Crippen molar-refractivity contribution in [2.45, 2.75) is 45.7 Å². The lowest BCUT2D eigenvalue weighted by Crippen LogP contribution is -2.42. The van der Waals surface area contributed by atoms with E-state index in [0.717, 1.165) is 47.4 Å². The number of carbonyl (C=O) groups excluding carboxylic acids is 1. The molecule has 0 spiro atoms. The zero-order valence-corrected chi connectivity index (χ0v) is 18.7. The maximum absolute atomic E-state index is 12.4. The number of rotatable bonds is 7. The maximum Gasteiger partial charge on any atom is 0.414 e. The topological polar surface area (TPSA) is 90.7 Å². The fourth-order valence-electron chi connectivity index (χ4n) is 3.66. The van der Waals surface area contributed by atoms with Gasteiger partial charge in [-0.2, -0.15) is 5.10 Å². The second-order valence-corrected chi connectivity index (χ2v) is 9.90. The van der Waals surface area contributed by atoms with Crippen molar-refractivity contribution >= 4 is 21.6 Å². The molecule has 1 unspecified atom stereocenters. The lowest BCUT2D eigenvalue weighted by molar-refractivity contribution is 0.175. The largest absolute Gasteiger partial charge is 0.493 e. The van der Waals surface area contributed by atoms with Gasteiger partial charge in [0.25, 0.3) is 0 Å². The number of carbonyl (C=O) groups is 1. The number of nitrogens with zero attached hydrogens (tertiary/aromatic N) is 3. The number of sulfone groups is 1. The average Bonchev–Trinajstić information content (AvgIpc) is 3.18. The number of methoxy groups -OCH3 is 1. The number of fused-ring (bicyclic) bond motifs is 1. The van der Waals surface area contributed by atoms with Crippen molar-refractivity contribution in [3.63, 3.8) is 0 Å². The summed E-state index contributed by atoms with van der Waals surface area (Å²) in [6.45, 7) is 4.90.